The molecule has 1 fully saturated rings. The van der Waals surface area contributed by atoms with E-state index in [9.17, 15) is 9.59 Å². The Labute approximate surface area is 123 Å². The van der Waals surface area contributed by atoms with E-state index in [1.54, 1.807) is 4.90 Å². The Morgan fingerprint density at radius 2 is 2.20 bits per heavy atom. The molecule has 2 aliphatic heterocycles. The van der Waals surface area contributed by atoms with Crippen LogP contribution in [0, 0.1) is 0 Å². The molecule has 20 heavy (non-hydrogen) atoms. The first-order valence-corrected chi connectivity index (χ1v) is 7.97. The highest BCUT2D eigenvalue weighted by molar-refractivity contribution is 8.13. The Balaban J connectivity index is 1.67. The molecule has 1 aromatic carbocycles. The number of carbonyl (C=O) groups excluding carboxylic acids is 2. The third-order valence-electron chi connectivity index (χ3n) is 3.92. The van der Waals surface area contributed by atoms with Gasteiger partial charge in [0, 0.05) is 37.0 Å². The second-order valence-corrected chi connectivity index (χ2v) is 6.34. The summed E-state index contributed by atoms with van der Waals surface area (Å²) >= 11 is 1.34. The van der Waals surface area contributed by atoms with Crippen LogP contribution in [0.3, 0.4) is 0 Å². The largest absolute Gasteiger partial charge is 0.332 e. The number of para-hydroxylation sites is 1. The molecule has 2 aliphatic rings. The van der Waals surface area contributed by atoms with Crippen LogP contribution in [0.2, 0.25) is 0 Å². The normalized spacial score (nSPS) is 21.4. The molecule has 3 rings (SSSR count). The van der Waals surface area contributed by atoms with E-state index in [2.05, 4.69) is 13.0 Å². The minimum absolute atomic E-state index is 0.104. The highest BCUT2D eigenvalue weighted by atomic mass is 32.2. The van der Waals surface area contributed by atoms with E-state index in [4.69, 9.17) is 0 Å². The van der Waals surface area contributed by atoms with Gasteiger partial charge in [-0.05, 0) is 25.0 Å². The van der Waals surface area contributed by atoms with E-state index in [0.717, 1.165) is 24.4 Å². The van der Waals surface area contributed by atoms with Crippen LogP contribution in [-0.2, 0) is 11.2 Å². The predicted octanol–water partition coefficient (Wildman–Crippen LogP) is 2.52. The lowest BCUT2D eigenvalue weighted by Gasteiger charge is -2.24. The third kappa shape index (κ3) is 2.42. The van der Waals surface area contributed by atoms with E-state index in [1.807, 2.05) is 23.1 Å². The summed E-state index contributed by atoms with van der Waals surface area (Å²) in [6, 6.07) is 8.29. The first-order chi connectivity index (χ1) is 9.66. The molecule has 2 heterocycles. The lowest BCUT2D eigenvalue weighted by atomic mass is 10.1. The average molecular weight is 290 g/mol. The third-order valence-corrected chi connectivity index (χ3v) is 4.81. The molecule has 1 saturated heterocycles. The Morgan fingerprint density at radius 1 is 1.40 bits per heavy atom. The zero-order valence-corrected chi connectivity index (χ0v) is 12.4. The Bertz CT molecular complexity index is 546. The van der Waals surface area contributed by atoms with Gasteiger partial charge in [-0.2, -0.15) is 0 Å². The standard InChI is InChI=1S/C15H18N2O2S/c1-11-10-12-4-2-3-5-13(12)17(11)14(18)6-7-16-8-9-20-15(16)19/h2-5,11H,6-10H2,1H3/t11-/m1/s1. The van der Waals surface area contributed by atoms with Crippen molar-refractivity contribution in [1.82, 2.24) is 4.90 Å². The molecule has 0 radical (unpaired) electrons. The van der Waals surface area contributed by atoms with Gasteiger partial charge in [-0.15, -0.1) is 0 Å². The molecule has 0 bridgehead atoms. The summed E-state index contributed by atoms with van der Waals surface area (Å²) in [6.45, 7) is 3.38. The molecule has 0 unspecified atom stereocenters. The van der Waals surface area contributed by atoms with Crippen LogP contribution >= 0.6 is 11.8 Å². The number of rotatable bonds is 3. The van der Waals surface area contributed by atoms with Crippen molar-refractivity contribution in [3.05, 3.63) is 29.8 Å². The topological polar surface area (TPSA) is 40.6 Å². The van der Waals surface area contributed by atoms with Gasteiger partial charge >= 0.3 is 0 Å². The van der Waals surface area contributed by atoms with Gasteiger partial charge in [0.25, 0.3) is 5.24 Å². The van der Waals surface area contributed by atoms with Crippen molar-refractivity contribution in [3.8, 4) is 0 Å². The van der Waals surface area contributed by atoms with Crippen LogP contribution in [0.5, 0.6) is 0 Å². The van der Waals surface area contributed by atoms with Crippen molar-refractivity contribution in [2.75, 3.05) is 23.7 Å². The van der Waals surface area contributed by atoms with Crippen LogP contribution in [0.15, 0.2) is 24.3 Å². The SMILES string of the molecule is C[C@@H]1Cc2ccccc2N1C(=O)CCN1CCSC1=O. The number of thioether (sulfide) groups is 1. The molecule has 106 valence electrons. The van der Waals surface area contributed by atoms with Gasteiger partial charge in [0.15, 0.2) is 0 Å². The van der Waals surface area contributed by atoms with Crippen molar-refractivity contribution < 1.29 is 9.59 Å². The van der Waals surface area contributed by atoms with E-state index >= 15 is 0 Å². The van der Waals surface area contributed by atoms with E-state index in [1.165, 1.54) is 17.3 Å². The zero-order chi connectivity index (χ0) is 14.1. The number of carbonyl (C=O) groups is 2. The van der Waals surface area contributed by atoms with E-state index in [0.29, 0.717) is 13.0 Å². The fourth-order valence-electron chi connectivity index (χ4n) is 2.93. The van der Waals surface area contributed by atoms with Gasteiger partial charge in [0.05, 0.1) is 0 Å². The number of hydrogen-bond donors (Lipinski definition) is 0. The number of hydrogen-bond acceptors (Lipinski definition) is 3. The molecule has 0 N–H and O–H groups in total. The fraction of sp³-hybridized carbons (Fsp3) is 0.467. The first-order valence-electron chi connectivity index (χ1n) is 6.98. The lowest BCUT2D eigenvalue weighted by Crippen LogP contribution is -2.38. The summed E-state index contributed by atoms with van der Waals surface area (Å²) in [6.07, 6.45) is 1.32. The summed E-state index contributed by atoms with van der Waals surface area (Å²) < 4.78 is 0. The van der Waals surface area contributed by atoms with Gasteiger partial charge in [0.1, 0.15) is 0 Å². The number of benzene rings is 1. The summed E-state index contributed by atoms with van der Waals surface area (Å²) in [5, 5.41) is 0.104. The summed E-state index contributed by atoms with van der Waals surface area (Å²) in [5.74, 6) is 0.961. The zero-order valence-electron chi connectivity index (χ0n) is 11.5. The van der Waals surface area contributed by atoms with Crippen LogP contribution < -0.4 is 4.90 Å². The summed E-state index contributed by atoms with van der Waals surface area (Å²) in [4.78, 5) is 27.7. The predicted molar refractivity (Wildman–Crippen MR) is 81.1 cm³/mol. The smallest absolute Gasteiger partial charge is 0.281 e. The van der Waals surface area contributed by atoms with Gasteiger partial charge in [-0.3, -0.25) is 9.59 Å². The second kappa shape index (κ2) is 5.48. The van der Waals surface area contributed by atoms with Crippen LogP contribution in [0.25, 0.3) is 0 Å². The summed E-state index contributed by atoms with van der Waals surface area (Å²) in [7, 11) is 0. The Hall–Kier alpha value is -1.49. The molecule has 0 spiro atoms. The quantitative estimate of drug-likeness (QED) is 0.859. The van der Waals surface area contributed by atoms with Gasteiger partial charge < -0.3 is 9.80 Å². The molecule has 1 atom stereocenters. The van der Waals surface area contributed by atoms with Gasteiger partial charge in [0.2, 0.25) is 5.91 Å². The van der Waals surface area contributed by atoms with Gasteiger partial charge in [-0.25, -0.2) is 0 Å². The minimum atomic E-state index is 0.104. The first kappa shape index (κ1) is 13.5. The number of amides is 2. The van der Waals surface area contributed by atoms with Crippen LogP contribution in [-0.4, -0.2) is 40.9 Å². The van der Waals surface area contributed by atoms with Crippen molar-refractivity contribution >= 4 is 28.6 Å². The second-order valence-electron chi connectivity index (χ2n) is 5.30. The van der Waals surface area contributed by atoms with Crippen LogP contribution in [0.1, 0.15) is 18.9 Å². The monoisotopic (exact) mass is 290 g/mol. The number of nitrogens with zero attached hydrogens (tertiary/aromatic N) is 2. The van der Waals surface area contributed by atoms with Crippen molar-refractivity contribution in [2.24, 2.45) is 0 Å². The Morgan fingerprint density at radius 3 is 2.95 bits per heavy atom. The van der Waals surface area contributed by atoms with Crippen molar-refractivity contribution in [2.45, 2.75) is 25.8 Å². The Kier molecular flexibility index (Phi) is 3.70. The number of anilines is 1. The van der Waals surface area contributed by atoms with Crippen molar-refractivity contribution in [3.63, 3.8) is 0 Å². The van der Waals surface area contributed by atoms with E-state index in [-0.39, 0.29) is 17.2 Å². The highest BCUT2D eigenvalue weighted by Crippen LogP contribution is 2.32. The molecule has 0 saturated carbocycles. The molecular weight excluding hydrogens is 272 g/mol. The molecule has 2 amide bonds. The van der Waals surface area contributed by atoms with Crippen molar-refractivity contribution in [1.29, 1.82) is 0 Å². The summed E-state index contributed by atoms with van der Waals surface area (Å²) in [5.41, 5.74) is 2.27. The van der Waals surface area contributed by atoms with Crippen LogP contribution in [0.4, 0.5) is 10.5 Å². The molecule has 1 aromatic rings. The molecule has 4 nitrogen and oxygen atoms in total. The molecule has 0 aromatic heterocycles. The number of fused-ring (bicyclic) bond motifs is 1. The highest BCUT2D eigenvalue weighted by Gasteiger charge is 2.31. The molecule has 0 aliphatic carbocycles. The molecular formula is C15H18N2O2S. The molecule has 5 heteroatoms. The average Bonchev–Trinajstić information content (AvgIpc) is 2.98. The maximum Gasteiger partial charge on any atom is 0.281 e. The van der Waals surface area contributed by atoms with Gasteiger partial charge in [-0.1, -0.05) is 30.0 Å². The maximum atomic E-state index is 12.5. The fourth-order valence-corrected chi connectivity index (χ4v) is 3.78. The van der Waals surface area contributed by atoms with E-state index < -0.39 is 0 Å². The lowest BCUT2D eigenvalue weighted by molar-refractivity contribution is -0.119. The minimum Gasteiger partial charge on any atom is -0.332 e. The maximum absolute atomic E-state index is 12.5.